The lowest BCUT2D eigenvalue weighted by atomic mass is 10.1. The van der Waals surface area contributed by atoms with E-state index in [-0.39, 0.29) is 11.6 Å². The van der Waals surface area contributed by atoms with Crippen molar-refractivity contribution in [1.29, 1.82) is 0 Å². The molecule has 0 bridgehead atoms. The summed E-state index contributed by atoms with van der Waals surface area (Å²) < 4.78 is 5.21. The number of amides is 3. The van der Waals surface area contributed by atoms with E-state index >= 15 is 0 Å². The predicted octanol–water partition coefficient (Wildman–Crippen LogP) is 7.36. The van der Waals surface area contributed by atoms with Crippen molar-refractivity contribution in [3.05, 3.63) is 125 Å². The minimum Gasteiger partial charge on any atom is -0.497 e. The van der Waals surface area contributed by atoms with Gasteiger partial charge in [-0.25, -0.2) is 0 Å². The van der Waals surface area contributed by atoms with Crippen molar-refractivity contribution in [2.24, 2.45) is 0 Å². The molecule has 5 aromatic rings. The smallest absolute Gasteiger partial charge is 0.272 e. The normalized spacial score (nSPS) is 11.9. The second kappa shape index (κ2) is 14.0. The molecule has 0 spiro atoms. The first-order valence-electron chi connectivity index (χ1n) is 13.7. The number of aromatic nitrogens is 1. The van der Waals surface area contributed by atoms with Gasteiger partial charge in [-0.15, -0.1) is 11.8 Å². The van der Waals surface area contributed by atoms with Crippen LogP contribution in [0.15, 0.2) is 114 Å². The van der Waals surface area contributed by atoms with Crippen LogP contribution in [0.2, 0.25) is 5.02 Å². The molecule has 10 heteroatoms. The third-order valence-corrected chi connectivity index (χ3v) is 8.12. The fraction of sp³-hybridized carbons (Fsp3) is 0.0882. The highest BCUT2D eigenvalue weighted by molar-refractivity contribution is 8.00. The number of anilines is 2. The van der Waals surface area contributed by atoms with Crippen LogP contribution in [-0.4, -0.2) is 35.1 Å². The zero-order chi connectivity index (χ0) is 31.1. The molecule has 0 radical (unpaired) electrons. The van der Waals surface area contributed by atoms with E-state index in [1.165, 1.54) is 11.8 Å². The van der Waals surface area contributed by atoms with Crippen LogP contribution in [0.1, 0.15) is 22.8 Å². The average molecular weight is 625 g/mol. The highest BCUT2D eigenvalue weighted by Gasteiger charge is 2.18. The first-order chi connectivity index (χ1) is 21.3. The minimum absolute atomic E-state index is 0.0866. The molecule has 0 aliphatic carbocycles. The van der Waals surface area contributed by atoms with Gasteiger partial charge in [0.2, 0.25) is 5.91 Å². The molecule has 222 valence electrons. The summed E-state index contributed by atoms with van der Waals surface area (Å²) in [5.74, 6) is -0.519. The van der Waals surface area contributed by atoms with Crippen LogP contribution in [0.4, 0.5) is 11.4 Å². The molecular formula is C34H29ClN4O4S. The molecule has 1 atom stereocenters. The average Bonchev–Trinajstić information content (AvgIpc) is 3.45. The maximum atomic E-state index is 13.5. The van der Waals surface area contributed by atoms with E-state index in [0.717, 1.165) is 21.4 Å². The van der Waals surface area contributed by atoms with Gasteiger partial charge in [0, 0.05) is 44.9 Å². The predicted molar refractivity (Wildman–Crippen MR) is 177 cm³/mol. The zero-order valence-corrected chi connectivity index (χ0v) is 25.5. The van der Waals surface area contributed by atoms with Gasteiger partial charge in [-0.05, 0) is 67.6 Å². The molecule has 5 rings (SSSR count). The minimum atomic E-state index is -0.483. The van der Waals surface area contributed by atoms with Gasteiger partial charge in [0.15, 0.2) is 0 Å². The summed E-state index contributed by atoms with van der Waals surface area (Å²) in [6.07, 6.45) is 3.44. The van der Waals surface area contributed by atoms with Gasteiger partial charge < -0.3 is 25.7 Å². The van der Waals surface area contributed by atoms with Gasteiger partial charge in [0.1, 0.15) is 11.4 Å². The lowest BCUT2D eigenvalue weighted by molar-refractivity contribution is -0.115. The molecule has 4 N–H and O–H groups in total. The summed E-state index contributed by atoms with van der Waals surface area (Å²) >= 11 is 7.59. The number of hydrogen-bond acceptors (Lipinski definition) is 5. The molecule has 0 aliphatic heterocycles. The van der Waals surface area contributed by atoms with Crippen LogP contribution in [0.5, 0.6) is 5.75 Å². The zero-order valence-electron chi connectivity index (χ0n) is 23.9. The van der Waals surface area contributed by atoms with Gasteiger partial charge in [-0.2, -0.15) is 0 Å². The Bertz CT molecular complexity index is 1840. The fourth-order valence-electron chi connectivity index (χ4n) is 4.35. The standard InChI is InChI=1S/C34H29ClN4O4S/c1-21(32(40)38-30-19-25(43-2)14-17-28(30)35)44-26-15-12-24(13-16-26)37-34(42)31(39-33(41)22-8-4-3-5-9-22)18-23-20-36-29-11-7-6-10-27(23)29/h3-21,36H,1-2H3,(H,37,42)(H,38,40)(H,39,41)/b31-18+/t21-/m0/s1. The maximum absolute atomic E-state index is 13.5. The van der Waals surface area contributed by atoms with E-state index in [1.807, 2.05) is 42.5 Å². The van der Waals surface area contributed by atoms with Gasteiger partial charge in [0.25, 0.3) is 11.8 Å². The first-order valence-corrected chi connectivity index (χ1v) is 14.9. The molecule has 1 aromatic heterocycles. The number of benzene rings is 4. The molecule has 0 saturated heterocycles. The Labute approximate surface area is 263 Å². The Kier molecular flexibility index (Phi) is 9.69. The number of fused-ring (bicyclic) bond motifs is 1. The second-order valence-electron chi connectivity index (χ2n) is 9.74. The summed E-state index contributed by atoms with van der Waals surface area (Å²) in [7, 11) is 1.54. The summed E-state index contributed by atoms with van der Waals surface area (Å²) in [6.45, 7) is 1.79. The van der Waals surface area contributed by atoms with Crippen molar-refractivity contribution in [1.82, 2.24) is 10.3 Å². The Balaban J connectivity index is 1.28. The molecule has 4 aromatic carbocycles. The molecule has 44 heavy (non-hydrogen) atoms. The van der Waals surface area contributed by atoms with E-state index in [0.29, 0.717) is 27.7 Å². The fourth-order valence-corrected chi connectivity index (χ4v) is 5.38. The third kappa shape index (κ3) is 7.50. The number of methoxy groups -OCH3 is 1. The van der Waals surface area contributed by atoms with Gasteiger partial charge in [-0.3, -0.25) is 14.4 Å². The van der Waals surface area contributed by atoms with Crippen LogP contribution >= 0.6 is 23.4 Å². The third-order valence-electron chi connectivity index (χ3n) is 6.68. The lowest BCUT2D eigenvalue weighted by Crippen LogP contribution is -2.30. The Hall–Kier alpha value is -4.99. The number of thioether (sulfide) groups is 1. The Morgan fingerprint density at radius 3 is 2.39 bits per heavy atom. The molecule has 3 amide bonds. The number of hydrogen-bond donors (Lipinski definition) is 4. The molecule has 0 saturated carbocycles. The second-order valence-corrected chi connectivity index (χ2v) is 11.6. The van der Waals surface area contributed by atoms with Crippen molar-refractivity contribution in [2.45, 2.75) is 17.1 Å². The van der Waals surface area contributed by atoms with E-state index in [2.05, 4.69) is 20.9 Å². The molecule has 0 aliphatic rings. The van der Waals surface area contributed by atoms with Gasteiger partial charge >= 0.3 is 0 Å². The van der Waals surface area contributed by atoms with E-state index in [1.54, 1.807) is 80.9 Å². The van der Waals surface area contributed by atoms with Crippen molar-refractivity contribution < 1.29 is 19.1 Å². The van der Waals surface area contributed by atoms with E-state index < -0.39 is 17.1 Å². The summed E-state index contributed by atoms with van der Waals surface area (Å²) in [5.41, 5.74) is 3.18. The van der Waals surface area contributed by atoms with Crippen LogP contribution in [0.3, 0.4) is 0 Å². The summed E-state index contributed by atoms with van der Waals surface area (Å²) in [6, 6.07) is 28.6. The number of nitrogens with one attached hydrogen (secondary N) is 4. The maximum Gasteiger partial charge on any atom is 0.272 e. The Morgan fingerprint density at radius 2 is 1.64 bits per heavy atom. The number of aromatic amines is 1. The van der Waals surface area contributed by atoms with E-state index in [4.69, 9.17) is 16.3 Å². The molecule has 8 nitrogen and oxygen atoms in total. The van der Waals surface area contributed by atoms with Crippen molar-refractivity contribution >= 4 is 69.4 Å². The number of halogens is 1. The highest BCUT2D eigenvalue weighted by atomic mass is 35.5. The SMILES string of the molecule is COc1ccc(Cl)c(NC(=O)[C@H](C)Sc2ccc(NC(=O)/C(=C\c3c[nH]c4ccccc34)NC(=O)c3ccccc3)cc2)c1. The van der Waals surface area contributed by atoms with Crippen molar-refractivity contribution in [3.8, 4) is 5.75 Å². The number of H-pyrrole nitrogens is 1. The molecule has 0 fully saturated rings. The van der Waals surface area contributed by atoms with E-state index in [9.17, 15) is 14.4 Å². The topological polar surface area (TPSA) is 112 Å². The van der Waals surface area contributed by atoms with Crippen LogP contribution in [-0.2, 0) is 9.59 Å². The number of rotatable bonds is 10. The van der Waals surface area contributed by atoms with Crippen molar-refractivity contribution in [3.63, 3.8) is 0 Å². The number of ether oxygens (including phenoxy) is 1. The number of para-hydroxylation sites is 1. The molecule has 1 heterocycles. The van der Waals surface area contributed by atoms with Crippen LogP contribution < -0.4 is 20.7 Å². The van der Waals surface area contributed by atoms with Crippen molar-refractivity contribution in [2.75, 3.05) is 17.7 Å². The van der Waals surface area contributed by atoms with Gasteiger partial charge in [0.05, 0.1) is 23.1 Å². The monoisotopic (exact) mass is 624 g/mol. The molecule has 0 unspecified atom stereocenters. The molecular weight excluding hydrogens is 596 g/mol. The van der Waals surface area contributed by atoms with Crippen LogP contribution in [0, 0.1) is 0 Å². The van der Waals surface area contributed by atoms with Gasteiger partial charge in [-0.1, -0.05) is 48.0 Å². The summed E-state index contributed by atoms with van der Waals surface area (Å²) in [4.78, 5) is 43.3. The summed E-state index contributed by atoms with van der Waals surface area (Å²) in [5, 5.41) is 9.37. The lowest BCUT2D eigenvalue weighted by Gasteiger charge is -2.14. The quantitative estimate of drug-likeness (QED) is 0.0958. The Morgan fingerprint density at radius 1 is 0.909 bits per heavy atom. The number of carbonyl (C=O) groups is 3. The highest BCUT2D eigenvalue weighted by Crippen LogP contribution is 2.30. The first kappa shape index (κ1) is 30.5. The number of carbonyl (C=O) groups excluding carboxylic acids is 3. The largest absolute Gasteiger partial charge is 0.497 e. The van der Waals surface area contributed by atoms with Crippen LogP contribution in [0.25, 0.3) is 17.0 Å².